The summed E-state index contributed by atoms with van der Waals surface area (Å²) in [5.74, 6) is -1.63. The van der Waals surface area contributed by atoms with Gasteiger partial charge in [0, 0.05) is 19.3 Å². The number of rotatable bonds is 77. The lowest BCUT2D eigenvalue weighted by molar-refractivity contribution is -0.161. The predicted octanol–water partition coefficient (Wildman–Crippen LogP) is 24.4. The minimum Gasteiger partial charge on any atom is -0.463 e. The first-order chi connectivity index (χ1) is 51.2. The molecule has 0 aromatic rings. The summed E-state index contributed by atoms with van der Waals surface area (Å²) in [4.78, 5) is 58.6. The summed E-state index contributed by atoms with van der Waals surface area (Å²) in [6.07, 6.45) is 97.8. The SMILES string of the molecule is CC/C=C\C/C=C\C/C=C\C/C=C\CCCCCCC(=O)OCC(COP(=O)(O)OCC(O)COP(=O)(O)OCC(O)COC(=O)CCCCCCCCCCCCCCCCCCCCC/C=C\C/C=C\C/C=C\C/C=C\CCCCC)OC(=O)CCCCCC/C=C\C/C=C\C/C=C\C/C=C\CC. The van der Waals surface area contributed by atoms with E-state index in [9.17, 15) is 43.5 Å². The minimum absolute atomic E-state index is 0.0670. The fourth-order valence-electron chi connectivity index (χ4n) is 10.8. The van der Waals surface area contributed by atoms with Gasteiger partial charge in [-0.25, -0.2) is 9.13 Å². The van der Waals surface area contributed by atoms with Crippen LogP contribution in [0.5, 0.6) is 0 Å². The number of unbranched alkanes of at least 4 members (excludes halogenated alkanes) is 30. The number of esters is 3. The maximum Gasteiger partial charge on any atom is 0.472 e. The van der Waals surface area contributed by atoms with Crippen LogP contribution in [0.15, 0.2) is 146 Å². The van der Waals surface area contributed by atoms with Gasteiger partial charge in [-0.1, -0.05) is 314 Å². The zero-order valence-corrected chi connectivity index (χ0v) is 67.6. The third-order valence-corrected chi connectivity index (χ3v) is 18.9. The van der Waals surface area contributed by atoms with Crippen LogP contribution in [0, 0.1) is 0 Å². The molecular weight excluding hydrogens is 1360 g/mol. The molecule has 0 rings (SSSR count). The van der Waals surface area contributed by atoms with Gasteiger partial charge in [-0.05, 0) is 141 Å². The maximum atomic E-state index is 13.0. The molecule has 0 aromatic carbocycles. The van der Waals surface area contributed by atoms with E-state index in [0.717, 1.165) is 141 Å². The number of allylic oxidation sites excluding steroid dienone is 24. The molecular formula is C87H148O16P2. The van der Waals surface area contributed by atoms with E-state index in [1.807, 2.05) is 0 Å². The van der Waals surface area contributed by atoms with Gasteiger partial charge in [0.25, 0.3) is 0 Å². The van der Waals surface area contributed by atoms with Gasteiger partial charge in [-0.15, -0.1) is 0 Å². The maximum absolute atomic E-state index is 13.0. The Morgan fingerprint density at radius 2 is 0.505 bits per heavy atom. The van der Waals surface area contributed by atoms with Gasteiger partial charge in [0.1, 0.15) is 25.4 Å². The molecule has 16 nitrogen and oxygen atoms in total. The lowest BCUT2D eigenvalue weighted by Crippen LogP contribution is -2.30. The molecule has 5 unspecified atom stereocenters. The number of aliphatic hydroxyl groups excluding tert-OH is 2. The third-order valence-electron chi connectivity index (χ3n) is 17.0. The molecule has 0 fully saturated rings. The van der Waals surface area contributed by atoms with Gasteiger partial charge < -0.3 is 34.2 Å². The molecule has 0 aliphatic carbocycles. The lowest BCUT2D eigenvalue weighted by atomic mass is 10.0. The average Bonchev–Trinajstić information content (AvgIpc) is 0.929. The van der Waals surface area contributed by atoms with Crippen LogP contribution >= 0.6 is 15.6 Å². The summed E-state index contributed by atoms with van der Waals surface area (Å²) in [6, 6.07) is 0. The Hall–Kier alpha value is -4.57. The van der Waals surface area contributed by atoms with Crippen LogP contribution in [-0.4, -0.2) is 95.9 Å². The van der Waals surface area contributed by atoms with E-state index < -0.39 is 91.5 Å². The van der Waals surface area contributed by atoms with Gasteiger partial charge in [-0.2, -0.15) is 0 Å². The van der Waals surface area contributed by atoms with Crippen molar-refractivity contribution in [2.45, 2.75) is 347 Å². The summed E-state index contributed by atoms with van der Waals surface area (Å²) < 4.78 is 61.1. The highest BCUT2D eigenvalue weighted by Gasteiger charge is 2.29. The molecule has 602 valence electrons. The van der Waals surface area contributed by atoms with Crippen molar-refractivity contribution in [3.8, 4) is 0 Å². The number of hydrogen-bond donors (Lipinski definition) is 4. The standard InChI is InChI=1S/C87H148O16P2/c1-4-7-10-13-16-19-22-25-28-31-32-33-34-35-36-37-38-39-40-41-42-43-44-45-46-47-48-51-53-55-58-61-64-67-70-73-85(90)97-76-82(88)77-99-104(93,94)100-78-83(89)79-101-105(95,96)102-81-84(103-87(92)75-72-69-66-63-60-57-54-50-30-27-24-21-18-15-12-9-6-3)80-98-86(91)74-71-68-65-62-59-56-52-49-29-26-23-20-17-14-11-8-5-2/h8-9,11-12,16-21,25-30,32-33,35-36,52,54,56-57,82-84,88-89H,4-7,10,13-15,22-24,31,34,37-51,53,55,58-81H2,1-3H3,(H,93,94)(H,95,96)/b11-8-,12-9-,19-16-,20-17-,21-18-,28-25-,29-26-,30-27-,33-32-,36-35-,56-52-,57-54-. The van der Waals surface area contributed by atoms with Gasteiger partial charge in [-0.3, -0.25) is 32.5 Å². The normalized spacial score (nSPS) is 14.7. The number of ether oxygens (including phenoxy) is 3. The third kappa shape index (κ3) is 80.3. The molecule has 4 N–H and O–H groups in total. The summed E-state index contributed by atoms with van der Waals surface area (Å²) in [5, 5.41) is 20.7. The highest BCUT2D eigenvalue weighted by atomic mass is 31.2. The van der Waals surface area contributed by atoms with Crippen LogP contribution in [0.25, 0.3) is 0 Å². The predicted molar refractivity (Wildman–Crippen MR) is 436 cm³/mol. The smallest absolute Gasteiger partial charge is 0.463 e. The minimum atomic E-state index is -4.95. The Bertz CT molecular complexity index is 2490. The number of hydrogen-bond acceptors (Lipinski definition) is 14. The molecule has 0 amide bonds. The van der Waals surface area contributed by atoms with E-state index >= 15 is 0 Å². The number of phosphoric acid groups is 2. The van der Waals surface area contributed by atoms with Crippen molar-refractivity contribution in [3.05, 3.63) is 146 Å². The van der Waals surface area contributed by atoms with Crippen LogP contribution in [0.1, 0.15) is 329 Å². The molecule has 0 spiro atoms. The van der Waals surface area contributed by atoms with Gasteiger partial charge in [0.15, 0.2) is 6.10 Å². The van der Waals surface area contributed by atoms with E-state index in [1.54, 1.807) is 0 Å². The van der Waals surface area contributed by atoms with Crippen molar-refractivity contribution in [2.75, 3.05) is 39.6 Å². The van der Waals surface area contributed by atoms with Crippen molar-refractivity contribution in [2.24, 2.45) is 0 Å². The Morgan fingerprint density at radius 3 is 0.800 bits per heavy atom. The molecule has 0 aliphatic rings. The summed E-state index contributed by atoms with van der Waals surface area (Å²) in [5.41, 5.74) is 0. The first-order valence-electron chi connectivity index (χ1n) is 41.1. The molecule has 0 bridgehead atoms. The molecule has 0 saturated heterocycles. The van der Waals surface area contributed by atoms with E-state index in [4.69, 9.17) is 32.3 Å². The first kappa shape index (κ1) is 100. The second-order valence-electron chi connectivity index (χ2n) is 27.2. The molecule has 5 atom stereocenters. The molecule has 0 radical (unpaired) electrons. The van der Waals surface area contributed by atoms with Crippen molar-refractivity contribution in [1.82, 2.24) is 0 Å². The molecule has 105 heavy (non-hydrogen) atoms. The zero-order chi connectivity index (χ0) is 76.6. The molecule has 0 heterocycles. The van der Waals surface area contributed by atoms with Crippen LogP contribution in [0.3, 0.4) is 0 Å². The first-order valence-corrected chi connectivity index (χ1v) is 44.1. The van der Waals surface area contributed by atoms with Crippen molar-refractivity contribution in [3.63, 3.8) is 0 Å². The molecule has 0 aliphatic heterocycles. The van der Waals surface area contributed by atoms with Gasteiger partial charge in [0.05, 0.1) is 26.4 Å². The van der Waals surface area contributed by atoms with Crippen molar-refractivity contribution >= 4 is 33.6 Å². The Balaban J connectivity index is 4.43. The van der Waals surface area contributed by atoms with Gasteiger partial charge in [0.2, 0.25) is 0 Å². The summed E-state index contributed by atoms with van der Waals surface area (Å²) >= 11 is 0. The van der Waals surface area contributed by atoms with E-state index in [1.165, 1.54) is 128 Å². The van der Waals surface area contributed by atoms with Crippen LogP contribution in [0.4, 0.5) is 0 Å². The van der Waals surface area contributed by atoms with Crippen molar-refractivity contribution in [1.29, 1.82) is 0 Å². The largest absolute Gasteiger partial charge is 0.472 e. The Kier molecular flexibility index (Phi) is 75.6. The van der Waals surface area contributed by atoms with Crippen LogP contribution in [0.2, 0.25) is 0 Å². The van der Waals surface area contributed by atoms with E-state index in [0.29, 0.717) is 19.3 Å². The highest BCUT2D eigenvalue weighted by molar-refractivity contribution is 7.47. The molecule has 0 aromatic heterocycles. The zero-order valence-electron chi connectivity index (χ0n) is 65.9. The lowest BCUT2D eigenvalue weighted by Gasteiger charge is -2.21. The highest BCUT2D eigenvalue weighted by Crippen LogP contribution is 2.45. The Labute approximate surface area is 638 Å². The monoisotopic (exact) mass is 1510 g/mol. The Morgan fingerprint density at radius 1 is 0.276 bits per heavy atom. The van der Waals surface area contributed by atoms with Crippen molar-refractivity contribution < 1.29 is 75.8 Å². The average molecular weight is 1510 g/mol. The van der Waals surface area contributed by atoms with Crippen LogP contribution < -0.4 is 0 Å². The second kappa shape index (κ2) is 79.0. The topological polar surface area (TPSA) is 231 Å². The number of aliphatic hydroxyl groups is 2. The summed E-state index contributed by atoms with van der Waals surface area (Å²) in [6.45, 7) is 2.37. The van der Waals surface area contributed by atoms with E-state index in [2.05, 4.69) is 167 Å². The fourth-order valence-corrected chi connectivity index (χ4v) is 12.4. The molecule has 0 saturated carbocycles. The number of phosphoric ester groups is 2. The van der Waals surface area contributed by atoms with Gasteiger partial charge >= 0.3 is 33.6 Å². The number of carbonyl (C=O) groups excluding carboxylic acids is 3. The quantitative estimate of drug-likeness (QED) is 0.0146. The molecule has 18 heteroatoms. The van der Waals surface area contributed by atoms with E-state index in [-0.39, 0.29) is 19.3 Å². The second-order valence-corrected chi connectivity index (χ2v) is 30.1. The fraction of sp³-hybridized carbons (Fsp3) is 0.690. The number of carbonyl (C=O) groups is 3. The summed E-state index contributed by atoms with van der Waals surface area (Å²) in [7, 11) is -9.81. The van der Waals surface area contributed by atoms with Crippen LogP contribution in [-0.2, 0) is 55.8 Å².